The van der Waals surface area contributed by atoms with Gasteiger partial charge in [0.2, 0.25) is 0 Å². The van der Waals surface area contributed by atoms with E-state index in [4.69, 9.17) is 11.0 Å². The number of halogens is 1. The summed E-state index contributed by atoms with van der Waals surface area (Å²) in [6.07, 6.45) is 0.949. The largest absolute Gasteiger partial charge is 0.383 e. The van der Waals surface area contributed by atoms with Crippen molar-refractivity contribution in [2.45, 2.75) is 19.4 Å². The predicted molar refractivity (Wildman–Crippen MR) is 65.6 cm³/mol. The summed E-state index contributed by atoms with van der Waals surface area (Å²) in [5.74, 6) is 0. The highest BCUT2D eigenvalue weighted by Crippen LogP contribution is 2.20. The molecule has 0 heterocycles. The SMILES string of the molecule is CCC(N)CNc1ccc(C#N)c(Br)c1. The van der Waals surface area contributed by atoms with Gasteiger partial charge in [-0.15, -0.1) is 0 Å². The Morgan fingerprint density at radius 3 is 2.87 bits per heavy atom. The lowest BCUT2D eigenvalue weighted by Crippen LogP contribution is -2.27. The Hall–Kier alpha value is -1.05. The molecule has 0 saturated carbocycles. The van der Waals surface area contributed by atoms with E-state index in [0.717, 1.165) is 23.1 Å². The van der Waals surface area contributed by atoms with E-state index in [9.17, 15) is 0 Å². The molecule has 3 nitrogen and oxygen atoms in total. The first kappa shape index (κ1) is 12.0. The molecule has 0 amide bonds. The normalized spacial score (nSPS) is 11.9. The van der Waals surface area contributed by atoms with Crippen LogP contribution in [0.1, 0.15) is 18.9 Å². The molecule has 1 aromatic rings. The molecular formula is C11H14BrN3. The van der Waals surface area contributed by atoms with E-state index < -0.39 is 0 Å². The molecule has 1 rings (SSSR count). The van der Waals surface area contributed by atoms with Crippen LogP contribution in [0.5, 0.6) is 0 Å². The molecule has 80 valence electrons. The van der Waals surface area contributed by atoms with E-state index in [1.807, 2.05) is 12.1 Å². The summed E-state index contributed by atoms with van der Waals surface area (Å²) < 4.78 is 0.806. The first-order valence-corrected chi connectivity index (χ1v) is 5.65. The average Bonchev–Trinajstić information content (AvgIpc) is 2.26. The lowest BCUT2D eigenvalue weighted by Gasteiger charge is -2.11. The molecule has 0 radical (unpaired) electrons. The average molecular weight is 268 g/mol. The van der Waals surface area contributed by atoms with Crippen LogP contribution in [0.15, 0.2) is 22.7 Å². The van der Waals surface area contributed by atoms with Gasteiger partial charge in [-0.2, -0.15) is 5.26 Å². The maximum atomic E-state index is 8.75. The summed E-state index contributed by atoms with van der Waals surface area (Å²) in [6.45, 7) is 2.80. The second-order valence-corrected chi connectivity index (χ2v) is 4.21. The molecule has 4 heteroatoms. The molecule has 0 fully saturated rings. The summed E-state index contributed by atoms with van der Waals surface area (Å²) >= 11 is 3.34. The van der Waals surface area contributed by atoms with E-state index in [1.165, 1.54) is 0 Å². The Morgan fingerprint density at radius 2 is 2.33 bits per heavy atom. The van der Waals surface area contributed by atoms with Crippen molar-refractivity contribution >= 4 is 21.6 Å². The van der Waals surface area contributed by atoms with Crippen molar-refractivity contribution in [1.29, 1.82) is 5.26 Å². The fourth-order valence-electron chi connectivity index (χ4n) is 1.11. The Bertz CT molecular complexity index is 371. The van der Waals surface area contributed by atoms with E-state index in [0.29, 0.717) is 5.56 Å². The lowest BCUT2D eigenvalue weighted by molar-refractivity contribution is 0.679. The van der Waals surface area contributed by atoms with Crippen molar-refractivity contribution in [1.82, 2.24) is 0 Å². The maximum Gasteiger partial charge on any atom is 0.100 e. The zero-order chi connectivity index (χ0) is 11.3. The van der Waals surface area contributed by atoms with Gasteiger partial charge in [-0.1, -0.05) is 6.92 Å². The van der Waals surface area contributed by atoms with Crippen molar-refractivity contribution in [3.63, 3.8) is 0 Å². The zero-order valence-corrected chi connectivity index (χ0v) is 10.2. The van der Waals surface area contributed by atoms with Crippen molar-refractivity contribution in [2.24, 2.45) is 5.73 Å². The van der Waals surface area contributed by atoms with Gasteiger partial charge in [0, 0.05) is 22.7 Å². The number of benzene rings is 1. The van der Waals surface area contributed by atoms with Crippen LogP contribution >= 0.6 is 15.9 Å². The molecule has 0 aromatic heterocycles. The third-order valence-electron chi connectivity index (χ3n) is 2.18. The van der Waals surface area contributed by atoms with Gasteiger partial charge in [-0.3, -0.25) is 0 Å². The van der Waals surface area contributed by atoms with Gasteiger partial charge >= 0.3 is 0 Å². The first-order chi connectivity index (χ1) is 7.17. The minimum atomic E-state index is 0.166. The number of nitrogens with zero attached hydrogens (tertiary/aromatic N) is 1. The van der Waals surface area contributed by atoms with Gasteiger partial charge in [0.05, 0.1) is 5.56 Å². The number of hydrogen-bond acceptors (Lipinski definition) is 3. The second kappa shape index (κ2) is 5.74. The highest BCUT2D eigenvalue weighted by molar-refractivity contribution is 9.10. The Kier molecular flexibility index (Phi) is 4.60. The fourth-order valence-corrected chi connectivity index (χ4v) is 1.58. The Labute approximate surface area is 98.4 Å². The van der Waals surface area contributed by atoms with Crippen molar-refractivity contribution in [3.05, 3.63) is 28.2 Å². The predicted octanol–water partition coefficient (Wildman–Crippen LogP) is 2.47. The monoisotopic (exact) mass is 267 g/mol. The number of nitrogens with two attached hydrogens (primary N) is 1. The third-order valence-corrected chi connectivity index (χ3v) is 2.84. The van der Waals surface area contributed by atoms with Crippen LogP contribution in [0.4, 0.5) is 5.69 Å². The number of anilines is 1. The standard InChI is InChI=1S/C11H14BrN3/c1-2-9(14)7-15-10-4-3-8(6-13)11(12)5-10/h3-5,9,15H,2,7,14H2,1H3. The molecule has 0 aliphatic rings. The van der Waals surface area contributed by atoms with Gasteiger partial charge in [0.25, 0.3) is 0 Å². The van der Waals surface area contributed by atoms with Gasteiger partial charge in [-0.25, -0.2) is 0 Å². The van der Waals surface area contributed by atoms with Gasteiger partial charge in [0.1, 0.15) is 6.07 Å². The highest BCUT2D eigenvalue weighted by Gasteiger charge is 2.02. The minimum Gasteiger partial charge on any atom is -0.383 e. The van der Waals surface area contributed by atoms with E-state index in [1.54, 1.807) is 6.07 Å². The van der Waals surface area contributed by atoms with Crippen LogP contribution < -0.4 is 11.1 Å². The molecular weight excluding hydrogens is 254 g/mol. The molecule has 0 spiro atoms. The van der Waals surface area contributed by atoms with Crippen molar-refractivity contribution in [3.8, 4) is 6.07 Å². The molecule has 15 heavy (non-hydrogen) atoms. The van der Waals surface area contributed by atoms with Gasteiger partial charge in [-0.05, 0) is 40.5 Å². The smallest absolute Gasteiger partial charge is 0.100 e. The topological polar surface area (TPSA) is 61.8 Å². The fraction of sp³-hybridized carbons (Fsp3) is 0.364. The van der Waals surface area contributed by atoms with Crippen LogP contribution in [-0.4, -0.2) is 12.6 Å². The summed E-state index contributed by atoms with van der Waals surface area (Å²) in [5.41, 5.74) is 7.40. The van der Waals surface area contributed by atoms with Gasteiger partial charge in [0.15, 0.2) is 0 Å². The van der Waals surface area contributed by atoms with E-state index in [2.05, 4.69) is 34.2 Å². The summed E-state index contributed by atoms with van der Waals surface area (Å²) in [5, 5.41) is 12.0. The van der Waals surface area contributed by atoms with E-state index >= 15 is 0 Å². The molecule has 3 N–H and O–H groups in total. The second-order valence-electron chi connectivity index (χ2n) is 3.36. The van der Waals surface area contributed by atoms with Crippen molar-refractivity contribution < 1.29 is 0 Å². The van der Waals surface area contributed by atoms with Crippen LogP contribution in [0.3, 0.4) is 0 Å². The molecule has 0 bridgehead atoms. The number of rotatable bonds is 4. The van der Waals surface area contributed by atoms with Crippen LogP contribution in [0.25, 0.3) is 0 Å². The summed E-state index contributed by atoms with van der Waals surface area (Å²) in [7, 11) is 0. The molecule has 0 saturated heterocycles. The highest BCUT2D eigenvalue weighted by atomic mass is 79.9. The van der Waals surface area contributed by atoms with Crippen LogP contribution in [0, 0.1) is 11.3 Å². The minimum absolute atomic E-state index is 0.166. The molecule has 0 aliphatic carbocycles. The molecule has 1 atom stereocenters. The lowest BCUT2D eigenvalue weighted by atomic mass is 10.2. The van der Waals surface area contributed by atoms with Gasteiger partial charge < -0.3 is 11.1 Å². The molecule has 0 aliphatic heterocycles. The Morgan fingerprint density at radius 1 is 1.60 bits per heavy atom. The number of hydrogen-bond donors (Lipinski definition) is 2. The Balaban J connectivity index is 2.64. The maximum absolute atomic E-state index is 8.75. The number of nitrogens with one attached hydrogen (secondary N) is 1. The first-order valence-electron chi connectivity index (χ1n) is 4.86. The summed E-state index contributed by atoms with van der Waals surface area (Å²) in [6, 6.07) is 7.82. The van der Waals surface area contributed by atoms with Crippen LogP contribution in [0.2, 0.25) is 0 Å². The zero-order valence-electron chi connectivity index (χ0n) is 8.63. The third kappa shape index (κ3) is 3.54. The van der Waals surface area contributed by atoms with Crippen molar-refractivity contribution in [2.75, 3.05) is 11.9 Å². The molecule has 1 aromatic carbocycles. The summed E-state index contributed by atoms with van der Waals surface area (Å²) in [4.78, 5) is 0. The number of nitriles is 1. The van der Waals surface area contributed by atoms with Crippen LogP contribution in [-0.2, 0) is 0 Å². The molecule has 1 unspecified atom stereocenters. The van der Waals surface area contributed by atoms with E-state index in [-0.39, 0.29) is 6.04 Å². The quantitative estimate of drug-likeness (QED) is 0.881.